The van der Waals surface area contributed by atoms with E-state index in [2.05, 4.69) is 10.6 Å². The minimum Gasteiger partial charge on any atom is -0.508 e. The van der Waals surface area contributed by atoms with E-state index in [4.69, 9.17) is 14.2 Å². The first kappa shape index (κ1) is 42.0. The number of ether oxygens (including phenoxy) is 3. The van der Waals surface area contributed by atoms with E-state index in [9.17, 15) is 34.2 Å². The third kappa shape index (κ3) is 15.5. The second kappa shape index (κ2) is 19.3. The van der Waals surface area contributed by atoms with E-state index in [-0.39, 0.29) is 42.5 Å². The Hall–Kier alpha value is -5.13. The van der Waals surface area contributed by atoms with Gasteiger partial charge in [-0.3, -0.25) is 9.59 Å². The molecule has 0 heterocycles. The maximum atomic E-state index is 13.7. The Kier molecular flexibility index (Phi) is 15.9. The van der Waals surface area contributed by atoms with Gasteiger partial charge < -0.3 is 35.1 Å². The molecule has 0 bridgehead atoms. The fourth-order valence-electron chi connectivity index (χ4n) is 4.59. The summed E-state index contributed by atoms with van der Waals surface area (Å²) < 4.78 is 16.9. The van der Waals surface area contributed by atoms with Crippen LogP contribution in [-0.4, -0.2) is 64.5 Å². The van der Waals surface area contributed by atoms with E-state index in [1.165, 1.54) is 30.3 Å². The minimum absolute atomic E-state index is 0.0468. The number of carbonyl (C=O) groups is 5. The summed E-state index contributed by atoms with van der Waals surface area (Å²) >= 11 is 0. The van der Waals surface area contributed by atoms with Crippen molar-refractivity contribution >= 4 is 36.0 Å². The summed E-state index contributed by atoms with van der Waals surface area (Å²) in [6.45, 7) is 13.8. The first-order valence-corrected chi connectivity index (χ1v) is 16.9. The second-order valence-corrected chi connectivity index (χ2v) is 14.4. The number of rotatable bonds is 17. The van der Waals surface area contributed by atoms with Gasteiger partial charge in [-0.25, -0.2) is 14.4 Å². The summed E-state index contributed by atoms with van der Waals surface area (Å²) in [6.07, 6.45) is 3.88. The lowest BCUT2D eigenvalue weighted by Crippen LogP contribution is -2.44. The number of phenolic OH excluding ortho intramolecular Hbond substituents is 1. The van der Waals surface area contributed by atoms with Crippen molar-refractivity contribution in [3.63, 3.8) is 0 Å². The number of phenols is 1. The lowest BCUT2D eigenvalue weighted by Gasteiger charge is -2.29. The van der Waals surface area contributed by atoms with E-state index < -0.39 is 59.2 Å². The molecule has 0 radical (unpaired) electrons. The molecule has 2 aromatic rings. The Labute approximate surface area is 300 Å². The van der Waals surface area contributed by atoms with Gasteiger partial charge in [0.1, 0.15) is 17.5 Å². The van der Waals surface area contributed by atoms with Crippen molar-refractivity contribution < 1.29 is 48.4 Å². The Morgan fingerprint density at radius 1 is 0.882 bits per heavy atom. The molecule has 12 nitrogen and oxygen atoms in total. The second-order valence-electron chi connectivity index (χ2n) is 14.4. The molecule has 0 aliphatic rings. The molecule has 0 aromatic heterocycles. The van der Waals surface area contributed by atoms with E-state index >= 15 is 0 Å². The van der Waals surface area contributed by atoms with Gasteiger partial charge in [0, 0.05) is 18.9 Å². The highest BCUT2D eigenvalue weighted by atomic mass is 16.6. The number of benzene rings is 2. The predicted molar refractivity (Wildman–Crippen MR) is 192 cm³/mol. The zero-order chi connectivity index (χ0) is 38.4. The number of carboxylic acids is 1. The van der Waals surface area contributed by atoms with Crippen LogP contribution in [0, 0.1) is 17.3 Å². The maximum absolute atomic E-state index is 13.7. The number of amides is 2. The number of aliphatic carboxylic acids is 1. The Morgan fingerprint density at radius 2 is 1.51 bits per heavy atom. The molecule has 12 heteroatoms. The van der Waals surface area contributed by atoms with Crippen molar-refractivity contribution in [3.05, 3.63) is 84.0 Å². The van der Waals surface area contributed by atoms with E-state index in [1.54, 1.807) is 34.6 Å². The molecule has 2 amide bonds. The quantitative estimate of drug-likeness (QED) is 0.0823. The number of nitrogens with one attached hydrogen (secondary N) is 2. The Bertz CT molecular complexity index is 1530. The fourth-order valence-corrected chi connectivity index (χ4v) is 4.59. The van der Waals surface area contributed by atoms with Gasteiger partial charge in [-0.1, -0.05) is 81.5 Å². The summed E-state index contributed by atoms with van der Waals surface area (Å²) in [7, 11) is 0. The number of carbonyl (C=O) groups excluding carboxylic acids is 4. The molecule has 0 saturated carbocycles. The predicted octanol–water partition coefficient (Wildman–Crippen LogP) is 6.35. The van der Waals surface area contributed by atoms with Crippen LogP contribution in [0.1, 0.15) is 85.4 Å². The molecule has 0 fully saturated rings. The van der Waals surface area contributed by atoms with Crippen LogP contribution in [0.2, 0.25) is 0 Å². The van der Waals surface area contributed by atoms with Crippen molar-refractivity contribution in [1.29, 1.82) is 0 Å². The lowest BCUT2D eigenvalue weighted by atomic mass is 9.93. The van der Waals surface area contributed by atoms with Gasteiger partial charge in [0.05, 0.1) is 5.41 Å². The van der Waals surface area contributed by atoms with E-state index in [0.29, 0.717) is 0 Å². The molecule has 51 heavy (non-hydrogen) atoms. The van der Waals surface area contributed by atoms with Gasteiger partial charge in [0.15, 0.2) is 12.1 Å². The first-order chi connectivity index (χ1) is 23.8. The number of hydrogen-bond acceptors (Lipinski definition) is 9. The molecule has 0 saturated heterocycles. The van der Waals surface area contributed by atoms with Crippen molar-refractivity contribution in [2.24, 2.45) is 17.3 Å². The molecule has 2 rings (SSSR count). The standard InChI is InChI=1S/C39H52N2O10/c1-25(2)23-31(50-36(47)39(7,8)24-40-37(48)51-38(4,5)6)35(46)49-30(26(3)17-18-27-13-10-9-11-14-27)15-12-16-32(43)41-33(34(44)45)28-19-21-29(42)22-20-28/h9-14,16-22,25-26,30-31,33,42H,15,23-24H2,1-8H3,(H,40,48)(H,41,43)(H,44,45)/b16-12+,18-17+/t26?,30?,31-,33+/m0/s1. The van der Waals surface area contributed by atoms with Crippen LogP contribution >= 0.6 is 0 Å². The highest BCUT2D eigenvalue weighted by Gasteiger charge is 2.36. The van der Waals surface area contributed by atoms with Gasteiger partial charge in [0.2, 0.25) is 5.91 Å². The summed E-state index contributed by atoms with van der Waals surface area (Å²) in [4.78, 5) is 63.8. The van der Waals surface area contributed by atoms with Gasteiger partial charge in [-0.05, 0) is 76.3 Å². The molecule has 2 aromatic carbocycles. The van der Waals surface area contributed by atoms with Crippen molar-refractivity contribution in [1.82, 2.24) is 10.6 Å². The highest BCUT2D eigenvalue weighted by Crippen LogP contribution is 2.23. The lowest BCUT2D eigenvalue weighted by molar-refractivity contribution is -0.178. The monoisotopic (exact) mass is 708 g/mol. The first-order valence-electron chi connectivity index (χ1n) is 16.9. The van der Waals surface area contributed by atoms with Crippen LogP contribution in [0.5, 0.6) is 5.75 Å². The molecule has 4 atom stereocenters. The maximum Gasteiger partial charge on any atom is 0.407 e. The minimum atomic E-state index is -1.36. The SMILES string of the molecule is CC(C)C[C@H](OC(=O)C(C)(C)CNC(=O)OC(C)(C)C)C(=O)OC(C/C=C/C(=O)N[C@@H](C(=O)O)c1ccc(O)cc1)C(C)/C=C/c1ccccc1. The van der Waals surface area contributed by atoms with Crippen LogP contribution < -0.4 is 10.6 Å². The number of alkyl carbamates (subject to hydrolysis) is 1. The van der Waals surface area contributed by atoms with Gasteiger partial charge in [0.25, 0.3) is 0 Å². The van der Waals surface area contributed by atoms with Gasteiger partial charge in [-0.15, -0.1) is 0 Å². The number of hydrogen-bond donors (Lipinski definition) is 4. The Balaban J connectivity index is 2.23. The number of carboxylic acid groups (broad SMARTS) is 1. The van der Waals surface area contributed by atoms with E-state index in [1.807, 2.05) is 63.3 Å². The molecular formula is C39H52N2O10. The van der Waals surface area contributed by atoms with Crippen LogP contribution in [0.25, 0.3) is 6.08 Å². The zero-order valence-corrected chi connectivity index (χ0v) is 30.7. The number of esters is 2. The van der Waals surface area contributed by atoms with Crippen molar-refractivity contribution in [2.75, 3.05) is 6.54 Å². The normalized spacial score (nSPS) is 14.4. The number of aromatic hydroxyl groups is 1. The van der Waals surface area contributed by atoms with Crippen LogP contribution in [0.15, 0.2) is 72.8 Å². The van der Waals surface area contributed by atoms with Gasteiger partial charge in [-0.2, -0.15) is 0 Å². The summed E-state index contributed by atoms with van der Waals surface area (Å²) in [6, 6.07) is 13.6. The van der Waals surface area contributed by atoms with Crippen LogP contribution in [0.4, 0.5) is 4.79 Å². The summed E-state index contributed by atoms with van der Waals surface area (Å²) in [5, 5.41) is 24.2. The van der Waals surface area contributed by atoms with E-state index in [0.717, 1.165) is 11.6 Å². The summed E-state index contributed by atoms with van der Waals surface area (Å²) in [5.41, 5.74) is -0.740. The zero-order valence-electron chi connectivity index (χ0n) is 30.7. The summed E-state index contributed by atoms with van der Waals surface area (Å²) in [5.74, 6) is -3.93. The fraction of sp³-hybridized carbons (Fsp3) is 0.462. The third-order valence-corrected chi connectivity index (χ3v) is 7.47. The average molecular weight is 709 g/mol. The molecule has 4 N–H and O–H groups in total. The molecule has 278 valence electrons. The molecule has 0 aliphatic carbocycles. The van der Waals surface area contributed by atoms with Crippen LogP contribution in [-0.2, 0) is 33.4 Å². The van der Waals surface area contributed by atoms with Crippen molar-refractivity contribution in [2.45, 2.75) is 92.1 Å². The van der Waals surface area contributed by atoms with Crippen molar-refractivity contribution in [3.8, 4) is 5.75 Å². The largest absolute Gasteiger partial charge is 0.508 e. The molecule has 0 aliphatic heterocycles. The molecule has 0 spiro atoms. The third-order valence-electron chi connectivity index (χ3n) is 7.47. The average Bonchev–Trinajstić information content (AvgIpc) is 3.04. The molecule has 2 unspecified atom stereocenters. The van der Waals surface area contributed by atoms with Crippen LogP contribution in [0.3, 0.4) is 0 Å². The highest BCUT2D eigenvalue weighted by molar-refractivity contribution is 5.91. The smallest absolute Gasteiger partial charge is 0.407 e. The van der Waals surface area contributed by atoms with Gasteiger partial charge >= 0.3 is 24.0 Å². The topological polar surface area (TPSA) is 178 Å². The Morgan fingerprint density at radius 3 is 2.08 bits per heavy atom. The molecular weight excluding hydrogens is 656 g/mol.